The summed E-state index contributed by atoms with van der Waals surface area (Å²) in [6, 6.07) is 8.07. The fraction of sp³-hybridized carbons (Fsp3) is 0.364. The minimum Gasteiger partial charge on any atom is -0.384 e. The van der Waals surface area contributed by atoms with Crippen molar-refractivity contribution < 1.29 is 4.79 Å². The molecule has 14 heavy (non-hydrogen) atoms. The van der Waals surface area contributed by atoms with Gasteiger partial charge in [0.05, 0.1) is 0 Å². The molecule has 0 amide bonds. The quantitative estimate of drug-likeness (QED) is 0.579. The highest BCUT2D eigenvalue weighted by Crippen LogP contribution is 2.10. The van der Waals surface area contributed by atoms with Gasteiger partial charge in [-0.1, -0.05) is 12.1 Å². The van der Waals surface area contributed by atoms with Crippen LogP contribution in [0.2, 0.25) is 0 Å². The molecule has 0 heterocycles. The molecule has 2 nitrogen and oxygen atoms in total. The number of carbonyl (C=O) groups is 1. The van der Waals surface area contributed by atoms with Crippen LogP contribution >= 0.6 is 11.6 Å². The summed E-state index contributed by atoms with van der Waals surface area (Å²) >= 11 is 5.55. The van der Waals surface area contributed by atoms with Gasteiger partial charge in [0.2, 0.25) is 0 Å². The summed E-state index contributed by atoms with van der Waals surface area (Å²) in [6.07, 6.45) is 2.35. The predicted molar refractivity (Wildman–Crippen MR) is 60.0 cm³/mol. The SMILES string of the molecule is O=CCCc1ccc(NCCCl)cc1. The van der Waals surface area contributed by atoms with Crippen molar-refractivity contribution >= 4 is 23.6 Å². The van der Waals surface area contributed by atoms with E-state index in [9.17, 15) is 4.79 Å². The number of nitrogens with one attached hydrogen (secondary N) is 1. The zero-order valence-electron chi connectivity index (χ0n) is 8.00. The molecule has 1 aromatic carbocycles. The molecule has 0 saturated carbocycles. The Morgan fingerprint density at radius 2 is 2.00 bits per heavy atom. The van der Waals surface area contributed by atoms with Crippen molar-refractivity contribution in [1.82, 2.24) is 0 Å². The highest BCUT2D eigenvalue weighted by Gasteiger charge is 1.93. The van der Waals surface area contributed by atoms with E-state index in [4.69, 9.17) is 11.6 Å². The van der Waals surface area contributed by atoms with Crippen LogP contribution < -0.4 is 5.32 Å². The molecule has 0 bridgehead atoms. The van der Waals surface area contributed by atoms with E-state index in [1.165, 1.54) is 5.56 Å². The Hall–Kier alpha value is -1.02. The Kier molecular flexibility index (Phi) is 5.08. The van der Waals surface area contributed by atoms with Crippen LogP contribution in [0.25, 0.3) is 0 Å². The third-order valence-corrected chi connectivity index (χ3v) is 2.12. The van der Waals surface area contributed by atoms with Crippen molar-refractivity contribution in [3.63, 3.8) is 0 Å². The van der Waals surface area contributed by atoms with Crippen molar-refractivity contribution in [3.8, 4) is 0 Å². The number of rotatable bonds is 6. The average molecular weight is 212 g/mol. The molecule has 0 saturated heterocycles. The molecule has 0 aliphatic rings. The van der Waals surface area contributed by atoms with Crippen LogP contribution in [0.4, 0.5) is 5.69 Å². The normalized spacial score (nSPS) is 9.79. The molecule has 76 valence electrons. The van der Waals surface area contributed by atoms with Crippen molar-refractivity contribution in [2.75, 3.05) is 17.7 Å². The second-order valence-corrected chi connectivity index (χ2v) is 3.40. The standard InChI is InChI=1S/C11H14ClNO/c12-7-8-13-11-5-3-10(4-6-11)2-1-9-14/h3-6,9,13H,1-2,7-8H2. The molecule has 0 radical (unpaired) electrons. The summed E-state index contributed by atoms with van der Waals surface area (Å²) in [5, 5.41) is 3.18. The monoisotopic (exact) mass is 211 g/mol. The highest BCUT2D eigenvalue weighted by molar-refractivity contribution is 6.18. The molecular formula is C11H14ClNO. The first-order valence-corrected chi connectivity index (χ1v) is 5.22. The van der Waals surface area contributed by atoms with E-state index < -0.39 is 0 Å². The maximum Gasteiger partial charge on any atom is 0.120 e. The smallest absolute Gasteiger partial charge is 0.120 e. The maximum atomic E-state index is 10.2. The molecule has 0 unspecified atom stereocenters. The van der Waals surface area contributed by atoms with Crippen LogP contribution in [0.1, 0.15) is 12.0 Å². The summed E-state index contributed by atoms with van der Waals surface area (Å²) in [4.78, 5) is 10.2. The van der Waals surface area contributed by atoms with Gasteiger partial charge in [-0.2, -0.15) is 0 Å². The number of hydrogen-bond acceptors (Lipinski definition) is 2. The number of anilines is 1. The Labute approximate surface area is 89.3 Å². The maximum absolute atomic E-state index is 10.2. The first-order valence-electron chi connectivity index (χ1n) is 4.69. The number of hydrogen-bond donors (Lipinski definition) is 1. The van der Waals surface area contributed by atoms with E-state index in [-0.39, 0.29) is 0 Å². The van der Waals surface area contributed by atoms with Crippen LogP contribution in [0.15, 0.2) is 24.3 Å². The minimum atomic E-state index is 0.592. The van der Waals surface area contributed by atoms with Gasteiger partial charge in [-0.25, -0.2) is 0 Å². The first-order chi connectivity index (χ1) is 6.86. The van der Waals surface area contributed by atoms with Gasteiger partial charge in [-0.3, -0.25) is 0 Å². The number of aryl methyl sites for hydroxylation is 1. The number of alkyl halides is 1. The molecule has 1 aromatic rings. The molecule has 0 aliphatic heterocycles. The Morgan fingerprint density at radius 1 is 1.29 bits per heavy atom. The van der Waals surface area contributed by atoms with Gasteiger partial charge >= 0.3 is 0 Å². The summed E-state index contributed by atoms with van der Waals surface area (Å²) in [5.41, 5.74) is 2.26. The fourth-order valence-electron chi connectivity index (χ4n) is 1.21. The third-order valence-electron chi connectivity index (χ3n) is 1.93. The molecule has 0 spiro atoms. The molecular weight excluding hydrogens is 198 g/mol. The summed E-state index contributed by atoms with van der Waals surface area (Å²) in [7, 11) is 0. The zero-order valence-corrected chi connectivity index (χ0v) is 8.76. The Morgan fingerprint density at radius 3 is 2.57 bits per heavy atom. The molecule has 0 atom stereocenters. The molecule has 0 aliphatic carbocycles. The van der Waals surface area contributed by atoms with Gasteiger partial charge in [0.1, 0.15) is 6.29 Å². The molecule has 0 aromatic heterocycles. The average Bonchev–Trinajstić information content (AvgIpc) is 2.25. The van der Waals surface area contributed by atoms with E-state index >= 15 is 0 Å². The lowest BCUT2D eigenvalue weighted by Crippen LogP contribution is -2.02. The van der Waals surface area contributed by atoms with Gasteiger partial charge < -0.3 is 10.1 Å². The number of aldehydes is 1. The van der Waals surface area contributed by atoms with E-state index in [0.717, 1.165) is 24.9 Å². The minimum absolute atomic E-state index is 0.592. The van der Waals surface area contributed by atoms with E-state index in [1.54, 1.807) is 0 Å². The zero-order chi connectivity index (χ0) is 10.2. The molecule has 3 heteroatoms. The largest absolute Gasteiger partial charge is 0.384 e. The van der Waals surface area contributed by atoms with Gasteiger partial charge in [0.15, 0.2) is 0 Å². The second kappa shape index (κ2) is 6.44. The van der Waals surface area contributed by atoms with Gasteiger partial charge in [-0.15, -0.1) is 11.6 Å². The highest BCUT2D eigenvalue weighted by atomic mass is 35.5. The Balaban J connectivity index is 2.46. The first kappa shape index (κ1) is 11.1. The lowest BCUT2D eigenvalue weighted by atomic mass is 10.1. The number of carbonyl (C=O) groups excluding carboxylic acids is 1. The molecule has 1 N–H and O–H groups in total. The molecule has 1 rings (SSSR count). The van der Waals surface area contributed by atoms with Crippen molar-refractivity contribution in [3.05, 3.63) is 29.8 Å². The molecule has 0 fully saturated rings. The van der Waals surface area contributed by atoms with E-state index in [1.807, 2.05) is 24.3 Å². The van der Waals surface area contributed by atoms with Crippen LogP contribution in [-0.4, -0.2) is 18.7 Å². The van der Waals surface area contributed by atoms with Gasteiger partial charge in [0.25, 0.3) is 0 Å². The lowest BCUT2D eigenvalue weighted by molar-refractivity contribution is -0.107. The van der Waals surface area contributed by atoms with Crippen LogP contribution in [0.3, 0.4) is 0 Å². The topological polar surface area (TPSA) is 29.1 Å². The van der Waals surface area contributed by atoms with E-state index in [0.29, 0.717) is 12.3 Å². The lowest BCUT2D eigenvalue weighted by Gasteiger charge is -2.04. The second-order valence-electron chi connectivity index (χ2n) is 3.02. The van der Waals surface area contributed by atoms with Crippen molar-refractivity contribution in [2.24, 2.45) is 0 Å². The summed E-state index contributed by atoms with van der Waals surface area (Å²) in [6.45, 7) is 0.773. The van der Waals surface area contributed by atoms with E-state index in [2.05, 4.69) is 5.32 Å². The van der Waals surface area contributed by atoms with Crippen molar-refractivity contribution in [1.29, 1.82) is 0 Å². The van der Waals surface area contributed by atoms with Gasteiger partial charge in [0, 0.05) is 24.5 Å². The van der Waals surface area contributed by atoms with Gasteiger partial charge in [-0.05, 0) is 24.1 Å². The summed E-state index contributed by atoms with van der Waals surface area (Å²) in [5.74, 6) is 0.604. The van der Waals surface area contributed by atoms with Crippen molar-refractivity contribution in [2.45, 2.75) is 12.8 Å². The van der Waals surface area contributed by atoms with Crippen LogP contribution in [0.5, 0.6) is 0 Å². The number of halogens is 1. The summed E-state index contributed by atoms with van der Waals surface area (Å²) < 4.78 is 0. The Bertz CT molecular complexity index is 271. The number of benzene rings is 1. The predicted octanol–water partition coefficient (Wildman–Crippen LogP) is 2.47. The fourth-order valence-corrected chi connectivity index (χ4v) is 1.30. The van der Waals surface area contributed by atoms with Crippen LogP contribution in [-0.2, 0) is 11.2 Å². The van der Waals surface area contributed by atoms with Crippen LogP contribution in [0, 0.1) is 0 Å². The third kappa shape index (κ3) is 3.79.